The number of hydrogen-bond donors (Lipinski definition) is 0. The molecule has 0 atom stereocenters. The molecule has 110 valence electrons. The van der Waals surface area contributed by atoms with Gasteiger partial charge in [0.05, 0.1) is 0 Å². The Morgan fingerprint density at radius 2 is 1.62 bits per heavy atom. The third kappa shape index (κ3) is 2.46. The molecule has 0 spiro atoms. The molecule has 6 heteroatoms. The zero-order valence-electron chi connectivity index (χ0n) is 11.4. The Morgan fingerprint density at radius 1 is 1.05 bits per heavy atom. The largest absolute Gasteiger partial charge is 0.488 e. The van der Waals surface area contributed by atoms with Gasteiger partial charge < -0.3 is 4.18 Å². The molecule has 0 aliphatic heterocycles. The van der Waals surface area contributed by atoms with Crippen LogP contribution in [0.3, 0.4) is 0 Å². The van der Waals surface area contributed by atoms with Crippen molar-refractivity contribution in [1.82, 2.24) is 0 Å². The molecule has 0 heterocycles. The lowest BCUT2D eigenvalue weighted by Gasteiger charge is -2.21. The van der Waals surface area contributed by atoms with E-state index in [1.165, 1.54) is 6.07 Å². The maximum Gasteiger partial charge on any atom is 0.488 e. The average molecular weight is 371 g/mol. The summed E-state index contributed by atoms with van der Waals surface area (Å²) in [6.45, 7) is 4.08. The molecule has 0 N–H and O–H groups in total. The monoisotopic (exact) mass is 370 g/mol. The van der Waals surface area contributed by atoms with Crippen LogP contribution in [0, 0.1) is 0 Å². The molecule has 1 aliphatic rings. The Morgan fingerprint density at radius 3 is 2.24 bits per heavy atom. The van der Waals surface area contributed by atoms with Crippen molar-refractivity contribution in [2.45, 2.75) is 19.3 Å². The lowest BCUT2D eigenvalue weighted by Crippen LogP contribution is -2.15. The number of halogens is 2. The van der Waals surface area contributed by atoms with E-state index in [0.29, 0.717) is 0 Å². The van der Waals surface area contributed by atoms with Crippen LogP contribution in [-0.4, -0.2) is 8.42 Å². The van der Waals surface area contributed by atoms with E-state index in [1.807, 2.05) is 32.0 Å². The summed E-state index contributed by atoms with van der Waals surface area (Å²) in [7, 11) is -5.01. The Balaban J connectivity index is 2.18. The van der Waals surface area contributed by atoms with Crippen LogP contribution >= 0.6 is 15.9 Å². The summed E-state index contributed by atoms with van der Waals surface area (Å²) in [6, 6.07) is 10.8. The van der Waals surface area contributed by atoms with Gasteiger partial charge in [0.25, 0.3) is 0 Å². The number of benzene rings is 2. The van der Waals surface area contributed by atoms with Crippen LogP contribution in [-0.2, 0) is 15.9 Å². The van der Waals surface area contributed by atoms with Crippen LogP contribution < -0.4 is 4.18 Å². The Labute approximate surface area is 131 Å². The van der Waals surface area contributed by atoms with Gasteiger partial charge >= 0.3 is 10.5 Å². The molecular weight excluding hydrogens is 359 g/mol. The quantitative estimate of drug-likeness (QED) is 0.738. The highest BCUT2D eigenvalue weighted by molar-refractivity contribution is 9.10. The maximum absolute atomic E-state index is 12.7. The predicted octanol–water partition coefficient (Wildman–Crippen LogP) is 4.35. The zero-order chi connectivity index (χ0) is 15.4. The zero-order valence-corrected chi connectivity index (χ0v) is 13.8. The molecule has 0 saturated heterocycles. The summed E-state index contributed by atoms with van der Waals surface area (Å²) < 4.78 is 39.3. The van der Waals surface area contributed by atoms with E-state index in [9.17, 15) is 12.3 Å². The van der Waals surface area contributed by atoms with Crippen LogP contribution in [0.5, 0.6) is 5.75 Å². The predicted molar refractivity (Wildman–Crippen MR) is 82.4 cm³/mol. The summed E-state index contributed by atoms with van der Waals surface area (Å²) in [6.07, 6.45) is 0. The fourth-order valence-corrected chi connectivity index (χ4v) is 3.55. The molecule has 0 aromatic heterocycles. The first kappa shape index (κ1) is 14.5. The normalized spacial score (nSPS) is 15.4. The standard InChI is InChI=1S/C15H12BrFO3S/c1-15(2)13-7-9(16)3-5-11(13)12-6-4-10(8-14(12)15)20-21(17,18)19/h3-8H,1-2H3. The molecule has 2 aromatic rings. The first-order valence-electron chi connectivity index (χ1n) is 6.27. The van der Waals surface area contributed by atoms with E-state index in [-0.39, 0.29) is 11.2 Å². The minimum Gasteiger partial charge on any atom is -0.358 e. The lowest BCUT2D eigenvalue weighted by atomic mass is 9.82. The summed E-state index contributed by atoms with van der Waals surface area (Å²) in [5.41, 5.74) is 3.83. The van der Waals surface area contributed by atoms with Crippen molar-refractivity contribution < 1.29 is 16.5 Å². The minimum absolute atomic E-state index is 0.0174. The van der Waals surface area contributed by atoms with Crippen LogP contribution in [0.15, 0.2) is 40.9 Å². The molecule has 0 bridgehead atoms. The second-order valence-electron chi connectivity index (χ2n) is 5.50. The van der Waals surface area contributed by atoms with Crippen molar-refractivity contribution in [3.8, 4) is 16.9 Å². The van der Waals surface area contributed by atoms with Gasteiger partial charge in [-0.15, -0.1) is 0 Å². The van der Waals surface area contributed by atoms with Crippen molar-refractivity contribution in [2.75, 3.05) is 0 Å². The highest BCUT2D eigenvalue weighted by Gasteiger charge is 2.36. The van der Waals surface area contributed by atoms with Crippen molar-refractivity contribution >= 4 is 26.4 Å². The van der Waals surface area contributed by atoms with Crippen molar-refractivity contribution in [2.24, 2.45) is 0 Å². The van der Waals surface area contributed by atoms with E-state index in [2.05, 4.69) is 20.1 Å². The first-order chi connectivity index (χ1) is 9.68. The third-order valence-corrected chi connectivity index (χ3v) is 4.69. The molecule has 0 amide bonds. The van der Waals surface area contributed by atoms with Gasteiger partial charge in [0.1, 0.15) is 5.75 Å². The molecule has 1 aliphatic carbocycles. The summed E-state index contributed by atoms with van der Waals surface area (Å²) in [5, 5.41) is 0. The van der Waals surface area contributed by atoms with Crippen LogP contribution in [0.25, 0.3) is 11.1 Å². The van der Waals surface area contributed by atoms with Gasteiger partial charge in [-0.3, -0.25) is 0 Å². The molecule has 0 fully saturated rings. The molecular formula is C15H12BrFO3S. The molecule has 2 aromatic carbocycles. The molecule has 0 saturated carbocycles. The fourth-order valence-electron chi connectivity index (χ4n) is 2.86. The first-order valence-corrected chi connectivity index (χ1v) is 8.38. The van der Waals surface area contributed by atoms with Crippen LogP contribution in [0.4, 0.5) is 3.89 Å². The van der Waals surface area contributed by atoms with E-state index >= 15 is 0 Å². The molecule has 0 radical (unpaired) electrons. The van der Waals surface area contributed by atoms with Gasteiger partial charge in [-0.1, -0.05) is 45.8 Å². The van der Waals surface area contributed by atoms with E-state index < -0.39 is 10.5 Å². The number of hydrogen-bond acceptors (Lipinski definition) is 3. The van der Waals surface area contributed by atoms with Gasteiger partial charge in [-0.05, 0) is 46.5 Å². The molecule has 3 nitrogen and oxygen atoms in total. The van der Waals surface area contributed by atoms with Gasteiger partial charge in [-0.2, -0.15) is 8.42 Å². The summed E-state index contributed by atoms with van der Waals surface area (Å²) in [4.78, 5) is 0. The maximum atomic E-state index is 12.7. The van der Waals surface area contributed by atoms with Gasteiger partial charge in [0.15, 0.2) is 0 Å². The van der Waals surface area contributed by atoms with Gasteiger partial charge in [0, 0.05) is 9.89 Å². The molecule has 0 unspecified atom stereocenters. The topological polar surface area (TPSA) is 43.4 Å². The smallest absolute Gasteiger partial charge is 0.358 e. The second kappa shape index (κ2) is 4.55. The highest BCUT2D eigenvalue weighted by atomic mass is 79.9. The van der Waals surface area contributed by atoms with Gasteiger partial charge in [0.2, 0.25) is 0 Å². The van der Waals surface area contributed by atoms with Gasteiger partial charge in [-0.25, -0.2) is 0 Å². The van der Waals surface area contributed by atoms with E-state index in [4.69, 9.17) is 0 Å². The summed E-state index contributed by atoms with van der Waals surface area (Å²) >= 11 is 3.46. The number of rotatable bonds is 2. The lowest BCUT2D eigenvalue weighted by molar-refractivity contribution is 0.439. The Kier molecular flexibility index (Phi) is 3.15. The van der Waals surface area contributed by atoms with Crippen molar-refractivity contribution in [1.29, 1.82) is 0 Å². The molecule has 21 heavy (non-hydrogen) atoms. The highest BCUT2D eigenvalue weighted by Crippen LogP contribution is 2.50. The summed E-state index contributed by atoms with van der Waals surface area (Å²) in [5.74, 6) is -0.0174. The molecule has 3 rings (SSSR count). The second-order valence-corrected chi connectivity index (χ2v) is 7.37. The van der Waals surface area contributed by atoms with Crippen molar-refractivity contribution in [3.63, 3.8) is 0 Å². The van der Waals surface area contributed by atoms with Crippen LogP contribution in [0.2, 0.25) is 0 Å². The van der Waals surface area contributed by atoms with Crippen LogP contribution in [0.1, 0.15) is 25.0 Å². The fraction of sp³-hybridized carbons (Fsp3) is 0.200. The van der Waals surface area contributed by atoms with Crippen molar-refractivity contribution in [3.05, 3.63) is 52.0 Å². The van der Waals surface area contributed by atoms with E-state index in [1.54, 1.807) is 12.1 Å². The third-order valence-electron chi connectivity index (χ3n) is 3.81. The number of fused-ring (bicyclic) bond motifs is 3. The SMILES string of the molecule is CC1(C)c2cc(Br)ccc2-c2ccc(OS(=O)(=O)F)cc21. The van der Waals surface area contributed by atoms with E-state index in [0.717, 1.165) is 26.7 Å². The Bertz CT molecular complexity index is 844. The minimum atomic E-state index is -5.01. The Hall–Kier alpha value is -1.40. The average Bonchev–Trinajstić information content (AvgIpc) is 2.57.